The van der Waals surface area contributed by atoms with Crippen LogP contribution in [0.25, 0.3) is 17.1 Å². The monoisotopic (exact) mass is 383 g/mol. The Labute approximate surface area is 167 Å². The molecule has 0 fully saturated rings. The molecule has 7 heteroatoms. The van der Waals surface area contributed by atoms with Gasteiger partial charge in [-0.1, -0.05) is 48.5 Å². The summed E-state index contributed by atoms with van der Waals surface area (Å²) in [7, 11) is 0. The Balaban J connectivity index is 1.61. The molecule has 0 aliphatic heterocycles. The van der Waals surface area contributed by atoms with E-state index in [4.69, 9.17) is 0 Å². The second-order valence-corrected chi connectivity index (χ2v) is 6.16. The van der Waals surface area contributed by atoms with Crippen LogP contribution in [-0.4, -0.2) is 32.0 Å². The number of hydrogen-bond donors (Lipinski definition) is 2. The number of benzene rings is 3. The van der Waals surface area contributed by atoms with Crippen molar-refractivity contribution in [2.75, 3.05) is 0 Å². The molecule has 0 spiro atoms. The number of nitrogens with one attached hydrogen (secondary N) is 1. The Morgan fingerprint density at radius 2 is 1.59 bits per heavy atom. The number of hydrogen-bond acceptors (Lipinski definition) is 5. The second-order valence-electron chi connectivity index (χ2n) is 6.16. The maximum Gasteiger partial charge on any atom is 0.311 e. The van der Waals surface area contributed by atoms with Crippen molar-refractivity contribution in [3.8, 4) is 22.8 Å². The summed E-state index contributed by atoms with van der Waals surface area (Å²) in [5.74, 6) is 0.210. The maximum atomic E-state index is 12.5. The highest BCUT2D eigenvalue weighted by Gasteiger charge is 2.18. The Morgan fingerprint density at radius 1 is 0.931 bits per heavy atom. The predicted octanol–water partition coefficient (Wildman–Crippen LogP) is 3.40. The zero-order valence-electron chi connectivity index (χ0n) is 15.3. The molecule has 1 amide bonds. The average molecular weight is 383 g/mol. The van der Waals surface area contributed by atoms with Gasteiger partial charge in [0.05, 0.1) is 11.9 Å². The van der Waals surface area contributed by atoms with Crippen LogP contribution in [0.2, 0.25) is 0 Å². The zero-order valence-corrected chi connectivity index (χ0v) is 15.3. The smallest absolute Gasteiger partial charge is 0.311 e. The first-order valence-corrected chi connectivity index (χ1v) is 8.91. The lowest BCUT2D eigenvalue weighted by molar-refractivity contribution is 0.0945. The van der Waals surface area contributed by atoms with Gasteiger partial charge in [-0.25, -0.2) is 15.1 Å². The molecular weight excluding hydrogens is 366 g/mol. The van der Waals surface area contributed by atoms with Gasteiger partial charge >= 0.3 is 5.91 Å². The molecule has 0 unspecified atom stereocenters. The minimum atomic E-state index is -0.521. The fourth-order valence-corrected chi connectivity index (χ4v) is 2.71. The summed E-state index contributed by atoms with van der Waals surface area (Å²) >= 11 is 0. The first-order chi connectivity index (χ1) is 14.2. The van der Waals surface area contributed by atoms with E-state index in [1.165, 1.54) is 6.21 Å². The van der Waals surface area contributed by atoms with Gasteiger partial charge in [-0.15, -0.1) is 5.10 Å². The quantitative estimate of drug-likeness (QED) is 0.408. The number of aromatic nitrogens is 3. The number of phenols is 1. The molecule has 4 rings (SSSR count). The predicted molar refractivity (Wildman–Crippen MR) is 110 cm³/mol. The molecule has 29 heavy (non-hydrogen) atoms. The molecule has 0 aliphatic rings. The summed E-state index contributed by atoms with van der Waals surface area (Å²) in [6.45, 7) is 0. The summed E-state index contributed by atoms with van der Waals surface area (Å²) < 4.78 is 1.63. The average Bonchev–Trinajstić information content (AvgIpc) is 3.22. The van der Waals surface area contributed by atoms with Crippen molar-refractivity contribution in [1.29, 1.82) is 0 Å². The highest BCUT2D eigenvalue weighted by atomic mass is 16.3. The van der Waals surface area contributed by atoms with Crippen molar-refractivity contribution in [3.63, 3.8) is 0 Å². The van der Waals surface area contributed by atoms with E-state index in [1.54, 1.807) is 28.9 Å². The van der Waals surface area contributed by atoms with Crippen molar-refractivity contribution in [2.45, 2.75) is 0 Å². The van der Waals surface area contributed by atoms with E-state index in [-0.39, 0.29) is 11.6 Å². The lowest BCUT2D eigenvalue weighted by Crippen LogP contribution is -2.19. The van der Waals surface area contributed by atoms with E-state index < -0.39 is 5.91 Å². The van der Waals surface area contributed by atoms with Crippen LogP contribution in [0.1, 0.15) is 16.2 Å². The van der Waals surface area contributed by atoms with E-state index >= 15 is 0 Å². The minimum Gasteiger partial charge on any atom is -0.508 e. The molecule has 0 atom stereocenters. The summed E-state index contributed by atoms with van der Waals surface area (Å²) in [4.78, 5) is 16.9. The topological polar surface area (TPSA) is 92.4 Å². The van der Waals surface area contributed by atoms with E-state index in [0.29, 0.717) is 5.82 Å². The van der Waals surface area contributed by atoms with E-state index in [9.17, 15) is 9.90 Å². The van der Waals surface area contributed by atoms with Crippen molar-refractivity contribution in [2.24, 2.45) is 5.10 Å². The molecule has 0 aliphatic carbocycles. The summed E-state index contributed by atoms with van der Waals surface area (Å²) in [5, 5.41) is 17.6. The zero-order chi connectivity index (χ0) is 20.1. The number of carbonyl (C=O) groups excluding carboxylic acids is 1. The van der Waals surface area contributed by atoms with Gasteiger partial charge in [0.1, 0.15) is 5.75 Å². The molecule has 0 saturated heterocycles. The number of phenolic OH excluding ortho intramolecular Hbond substituents is 1. The molecular formula is C22H17N5O2. The van der Waals surface area contributed by atoms with E-state index in [0.717, 1.165) is 16.8 Å². The van der Waals surface area contributed by atoms with Crippen molar-refractivity contribution >= 4 is 12.1 Å². The van der Waals surface area contributed by atoms with Crippen LogP contribution in [0.4, 0.5) is 0 Å². The Bertz CT molecular complexity index is 1080. The molecule has 142 valence electrons. The Kier molecular flexibility index (Phi) is 5.11. The first kappa shape index (κ1) is 18.1. The third kappa shape index (κ3) is 4.19. The van der Waals surface area contributed by atoms with Gasteiger partial charge in [-0.3, -0.25) is 4.79 Å². The van der Waals surface area contributed by atoms with Crippen LogP contribution in [0.15, 0.2) is 90.0 Å². The first-order valence-electron chi connectivity index (χ1n) is 8.91. The maximum absolute atomic E-state index is 12.5. The number of nitrogens with zero attached hydrogens (tertiary/aromatic N) is 4. The molecule has 0 saturated carbocycles. The van der Waals surface area contributed by atoms with Crippen molar-refractivity contribution < 1.29 is 9.90 Å². The standard InChI is InChI=1S/C22H17N5O2/c28-19-13-11-16(12-14-19)15-23-25-22(29)20-24-21(17-7-3-1-4-8-17)27(26-20)18-9-5-2-6-10-18/h1-15,28H,(H,25,29)/b23-15+. The molecule has 1 heterocycles. The largest absolute Gasteiger partial charge is 0.508 e. The van der Waals surface area contributed by atoms with Crippen LogP contribution in [0, 0.1) is 0 Å². The Hall–Kier alpha value is -4.26. The fourth-order valence-electron chi connectivity index (χ4n) is 2.71. The van der Waals surface area contributed by atoms with Gasteiger partial charge in [-0.05, 0) is 42.0 Å². The highest BCUT2D eigenvalue weighted by Crippen LogP contribution is 2.20. The SMILES string of the molecule is O=C(N/N=C/c1ccc(O)cc1)c1nc(-c2ccccc2)n(-c2ccccc2)n1. The second kappa shape index (κ2) is 8.18. The van der Waals surface area contributed by atoms with Gasteiger partial charge < -0.3 is 5.11 Å². The van der Waals surface area contributed by atoms with Gasteiger partial charge in [0.25, 0.3) is 0 Å². The minimum absolute atomic E-state index is 0.00978. The number of hydrazone groups is 1. The summed E-state index contributed by atoms with van der Waals surface area (Å²) in [5.41, 5.74) is 4.81. The third-order valence-corrected chi connectivity index (χ3v) is 4.12. The van der Waals surface area contributed by atoms with Crippen LogP contribution in [0.5, 0.6) is 5.75 Å². The molecule has 0 bridgehead atoms. The van der Waals surface area contributed by atoms with E-state index in [1.807, 2.05) is 60.7 Å². The number of para-hydroxylation sites is 1. The number of amides is 1. The van der Waals surface area contributed by atoms with Crippen molar-refractivity contribution in [3.05, 3.63) is 96.3 Å². The highest BCUT2D eigenvalue weighted by molar-refractivity contribution is 5.92. The molecule has 4 aromatic rings. The van der Waals surface area contributed by atoms with E-state index in [2.05, 4.69) is 20.6 Å². The van der Waals surface area contributed by atoms with Crippen LogP contribution >= 0.6 is 0 Å². The summed E-state index contributed by atoms with van der Waals surface area (Å²) in [6.07, 6.45) is 1.48. The van der Waals surface area contributed by atoms with Gasteiger partial charge in [0.15, 0.2) is 5.82 Å². The number of aromatic hydroxyl groups is 1. The van der Waals surface area contributed by atoms with Crippen LogP contribution < -0.4 is 5.43 Å². The molecule has 2 N–H and O–H groups in total. The number of carbonyl (C=O) groups is 1. The van der Waals surface area contributed by atoms with Gasteiger partial charge in [0.2, 0.25) is 5.82 Å². The van der Waals surface area contributed by atoms with Crippen molar-refractivity contribution in [1.82, 2.24) is 20.2 Å². The fraction of sp³-hybridized carbons (Fsp3) is 0. The normalized spacial score (nSPS) is 10.9. The van der Waals surface area contributed by atoms with Crippen LogP contribution in [0.3, 0.4) is 0 Å². The Morgan fingerprint density at radius 3 is 2.28 bits per heavy atom. The van der Waals surface area contributed by atoms with Gasteiger partial charge in [0, 0.05) is 5.56 Å². The summed E-state index contributed by atoms with van der Waals surface area (Å²) in [6, 6.07) is 25.5. The molecule has 0 radical (unpaired) electrons. The molecule has 1 aromatic heterocycles. The lowest BCUT2D eigenvalue weighted by Gasteiger charge is -2.05. The third-order valence-electron chi connectivity index (χ3n) is 4.12. The lowest BCUT2D eigenvalue weighted by atomic mass is 10.2. The van der Waals surface area contributed by atoms with Crippen LogP contribution in [-0.2, 0) is 0 Å². The molecule has 7 nitrogen and oxygen atoms in total. The van der Waals surface area contributed by atoms with Gasteiger partial charge in [-0.2, -0.15) is 5.10 Å². The number of rotatable bonds is 5. The molecule has 3 aromatic carbocycles.